The van der Waals surface area contributed by atoms with Gasteiger partial charge in [-0.05, 0) is 49.2 Å². The first-order valence-corrected chi connectivity index (χ1v) is 10.2. The lowest BCUT2D eigenvalue weighted by Gasteiger charge is -2.34. The number of amides is 1. The first-order chi connectivity index (χ1) is 14.7. The second kappa shape index (κ2) is 8.98. The molecular formula is C23H25N3O4. The summed E-state index contributed by atoms with van der Waals surface area (Å²) in [5.41, 5.74) is 0.170. The van der Waals surface area contributed by atoms with Crippen LogP contribution < -0.4 is 14.8 Å². The maximum absolute atomic E-state index is 12.7. The van der Waals surface area contributed by atoms with Crippen molar-refractivity contribution in [3.05, 3.63) is 60.5 Å². The van der Waals surface area contributed by atoms with E-state index in [0.29, 0.717) is 17.5 Å². The summed E-state index contributed by atoms with van der Waals surface area (Å²) in [6, 6.07) is 16.8. The van der Waals surface area contributed by atoms with Gasteiger partial charge in [0, 0.05) is 5.56 Å². The average Bonchev–Trinajstić information content (AvgIpc) is 3.30. The molecule has 0 unspecified atom stereocenters. The van der Waals surface area contributed by atoms with Crippen LogP contribution >= 0.6 is 0 Å². The maximum Gasteiger partial charge on any atom is 0.258 e. The Bertz CT molecular complexity index is 964. The summed E-state index contributed by atoms with van der Waals surface area (Å²) in [6.07, 6.45) is 4.61. The van der Waals surface area contributed by atoms with Gasteiger partial charge >= 0.3 is 0 Å². The van der Waals surface area contributed by atoms with Gasteiger partial charge in [0.15, 0.2) is 6.61 Å². The lowest BCUT2D eigenvalue weighted by atomic mass is 9.81. The van der Waals surface area contributed by atoms with Crippen molar-refractivity contribution >= 4 is 5.91 Å². The Morgan fingerprint density at radius 3 is 2.47 bits per heavy atom. The molecule has 30 heavy (non-hydrogen) atoms. The van der Waals surface area contributed by atoms with Gasteiger partial charge in [-0.15, -0.1) is 0 Å². The van der Waals surface area contributed by atoms with E-state index in [0.717, 1.165) is 43.4 Å². The van der Waals surface area contributed by atoms with Crippen molar-refractivity contribution in [1.29, 1.82) is 0 Å². The van der Waals surface area contributed by atoms with Crippen LogP contribution in [-0.4, -0.2) is 29.8 Å². The van der Waals surface area contributed by atoms with E-state index < -0.39 is 5.54 Å². The molecule has 4 rings (SSSR count). The predicted octanol–water partition coefficient (Wildman–Crippen LogP) is 4.10. The van der Waals surface area contributed by atoms with Crippen LogP contribution in [0, 0.1) is 0 Å². The van der Waals surface area contributed by atoms with Crippen molar-refractivity contribution in [2.75, 3.05) is 13.7 Å². The molecule has 1 amide bonds. The molecule has 1 aliphatic carbocycles. The number of aromatic nitrogens is 2. The van der Waals surface area contributed by atoms with E-state index in [-0.39, 0.29) is 12.5 Å². The molecule has 0 bridgehead atoms. The number of methoxy groups -OCH3 is 1. The quantitative estimate of drug-likeness (QED) is 0.635. The van der Waals surface area contributed by atoms with E-state index in [1.165, 1.54) is 0 Å². The van der Waals surface area contributed by atoms with Crippen LogP contribution in [0.25, 0.3) is 11.4 Å². The second-order valence-electron chi connectivity index (χ2n) is 7.44. The zero-order valence-electron chi connectivity index (χ0n) is 17.0. The van der Waals surface area contributed by atoms with Crippen LogP contribution in [0.3, 0.4) is 0 Å². The Labute approximate surface area is 175 Å². The fourth-order valence-electron chi connectivity index (χ4n) is 3.79. The van der Waals surface area contributed by atoms with E-state index in [2.05, 4.69) is 15.5 Å². The maximum atomic E-state index is 12.7. The largest absolute Gasteiger partial charge is 0.497 e. The van der Waals surface area contributed by atoms with E-state index in [1.54, 1.807) is 7.11 Å². The number of hydrogen-bond acceptors (Lipinski definition) is 6. The number of hydrogen-bond donors (Lipinski definition) is 1. The van der Waals surface area contributed by atoms with E-state index in [4.69, 9.17) is 14.0 Å². The Morgan fingerprint density at radius 1 is 1.03 bits per heavy atom. The van der Waals surface area contributed by atoms with Crippen LogP contribution in [0.4, 0.5) is 0 Å². The number of benzene rings is 2. The van der Waals surface area contributed by atoms with Crippen LogP contribution in [-0.2, 0) is 10.3 Å². The predicted molar refractivity (Wildman–Crippen MR) is 111 cm³/mol. The van der Waals surface area contributed by atoms with Crippen LogP contribution in [0.15, 0.2) is 59.1 Å². The summed E-state index contributed by atoms with van der Waals surface area (Å²) in [5.74, 6) is 2.15. The van der Waals surface area contributed by atoms with E-state index in [9.17, 15) is 4.79 Å². The highest BCUT2D eigenvalue weighted by Crippen LogP contribution is 2.37. The SMILES string of the molecule is COc1ccc(-c2noc(C3(NC(=O)COc4ccccc4)CCCCC3)n2)cc1. The molecule has 0 radical (unpaired) electrons. The normalized spacial score (nSPS) is 15.4. The molecule has 1 aromatic heterocycles. The average molecular weight is 407 g/mol. The summed E-state index contributed by atoms with van der Waals surface area (Å²) in [7, 11) is 1.62. The van der Waals surface area contributed by atoms with Gasteiger partial charge in [-0.25, -0.2) is 0 Å². The van der Waals surface area contributed by atoms with Crippen molar-refractivity contribution in [3.63, 3.8) is 0 Å². The van der Waals surface area contributed by atoms with Gasteiger partial charge < -0.3 is 19.3 Å². The Balaban J connectivity index is 1.50. The molecule has 1 aliphatic rings. The molecular weight excluding hydrogens is 382 g/mol. The molecule has 7 heteroatoms. The number of nitrogens with zero attached hydrogens (tertiary/aromatic N) is 2. The fourth-order valence-corrected chi connectivity index (χ4v) is 3.79. The Hall–Kier alpha value is -3.35. The number of carbonyl (C=O) groups excluding carboxylic acids is 1. The molecule has 0 saturated heterocycles. The van der Waals surface area contributed by atoms with Gasteiger partial charge in [-0.2, -0.15) is 4.98 Å². The summed E-state index contributed by atoms with van der Waals surface area (Å²) < 4.78 is 16.4. The van der Waals surface area contributed by atoms with Crippen molar-refractivity contribution < 1.29 is 18.8 Å². The van der Waals surface area contributed by atoms with Crippen molar-refractivity contribution in [2.45, 2.75) is 37.6 Å². The zero-order valence-corrected chi connectivity index (χ0v) is 17.0. The third-order valence-electron chi connectivity index (χ3n) is 5.38. The first kappa shape index (κ1) is 19.9. The molecule has 1 heterocycles. The summed E-state index contributed by atoms with van der Waals surface area (Å²) in [4.78, 5) is 17.3. The molecule has 0 atom stereocenters. The van der Waals surface area contributed by atoms with Crippen LogP contribution in [0.1, 0.15) is 38.0 Å². The highest BCUT2D eigenvalue weighted by atomic mass is 16.5. The van der Waals surface area contributed by atoms with E-state index in [1.807, 2.05) is 54.6 Å². The molecule has 3 aromatic rings. The smallest absolute Gasteiger partial charge is 0.258 e. The standard InChI is InChI=1S/C23H25N3O4/c1-28-18-12-10-17(11-13-18)21-24-22(30-26-21)23(14-6-3-7-15-23)25-20(27)16-29-19-8-4-2-5-9-19/h2,4-5,8-13H,3,6-7,14-16H2,1H3,(H,25,27). The summed E-state index contributed by atoms with van der Waals surface area (Å²) >= 11 is 0. The van der Waals surface area contributed by atoms with Gasteiger partial charge in [-0.1, -0.05) is 42.6 Å². The number of rotatable bonds is 7. The lowest BCUT2D eigenvalue weighted by molar-refractivity contribution is -0.126. The van der Waals surface area contributed by atoms with Crippen molar-refractivity contribution in [2.24, 2.45) is 0 Å². The third kappa shape index (κ3) is 4.45. The number of carbonyl (C=O) groups is 1. The molecule has 0 aliphatic heterocycles. The number of nitrogens with one attached hydrogen (secondary N) is 1. The molecule has 2 aromatic carbocycles. The van der Waals surface area contributed by atoms with Crippen molar-refractivity contribution in [1.82, 2.24) is 15.5 Å². The molecule has 1 N–H and O–H groups in total. The van der Waals surface area contributed by atoms with Crippen LogP contribution in [0.2, 0.25) is 0 Å². The van der Waals surface area contributed by atoms with Gasteiger partial charge in [0.05, 0.1) is 7.11 Å². The van der Waals surface area contributed by atoms with Crippen molar-refractivity contribution in [3.8, 4) is 22.9 Å². The lowest BCUT2D eigenvalue weighted by Crippen LogP contribution is -2.49. The third-order valence-corrected chi connectivity index (χ3v) is 5.38. The summed E-state index contributed by atoms with van der Waals surface area (Å²) in [6.45, 7) is -0.0642. The minimum Gasteiger partial charge on any atom is -0.497 e. The van der Waals surface area contributed by atoms with Gasteiger partial charge in [0.2, 0.25) is 5.82 Å². The zero-order chi connectivity index (χ0) is 20.8. The van der Waals surface area contributed by atoms with Gasteiger partial charge in [0.1, 0.15) is 17.0 Å². The molecule has 1 saturated carbocycles. The monoisotopic (exact) mass is 407 g/mol. The number of para-hydroxylation sites is 1. The molecule has 7 nitrogen and oxygen atoms in total. The fraction of sp³-hybridized carbons (Fsp3) is 0.348. The Kier molecular flexibility index (Phi) is 5.97. The molecule has 156 valence electrons. The second-order valence-corrected chi connectivity index (χ2v) is 7.44. The van der Waals surface area contributed by atoms with Gasteiger partial charge in [-0.3, -0.25) is 4.79 Å². The minimum atomic E-state index is -0.660. The highest BCUT2D eigenvalue weighted by molar-refractivity contribution is 5.78. The first-order valence-electron chi connectivity index (χ1n) is 10.2. The minimum absolute atomic E-state index is 0.0642. The van der Waals surface area contributed by atoms with Gasteiger partial charge in [0.25, 0.3) is 11.8 Å². The summed E-state index contributed by atoms with van der Waals surface area (Å²) in [5, 5.41) is 7.28. The topological polar surface area (TPSA) is 86.5 Å². The van der Waals surface area contributed by atoms with Crippen LogP contribution in [0.5, 0.6) is 11.5 Å². The molecule has 0 spiro atoms. The number of ether oxygens (including phenoxy) is 2. The molecule has 1 fully saturated rings. The highest BCUT2D eigenvalue weighted by Gasteiger charge is 2.40. The van der Waals surface area contributed by atoms with E-state index >= 15 is 0 Å². The Morgan fingerprint density at radius 2 is 1.77 bits per heavy atom.